The number of aliphatic hydroxyl groups is 2. The van der Waals surface area contributed by atoms with Gasteiger partial charge in [-0.25, -0.2) is 18.7 Å². The van der Waals surface area contributed by atoms with Gasteiger partial charge in [-0.1, -0.05) is 6.92 Å². The molecule has 0 aliphatic heterocycles. The van der Waals surface area contributed by atoms with Gasteiger partial charge in [0.05, 0.1) is 21.7 Å². The van der Waals surface area contributed by atoms with E-state index in [0.29, 0.717) is 43.0 Å². The quantitative estimate of drug-likeness (QED) is 0.200. The first-order valence-corrected chi connectivity index (χ1v) is 14.6. The maximum absolute atomic E-state index is 13.9. The fourth-order valence-corrected chi connectivity index (χ4v) is 5.48. The predicted octanol–water partition coefficient (Wildman–Crippen LogP) is 6.35. The first-order valence-electron chi connectivity index (χ1n) is 13.8. The number of nitrogens with one attached hydrogen (secondary N) is 2. The number of hydrogen-bond donors (Lipinski definition) is 4. The minimum atomic E-state index is -2.70. The van der Waals surface area contributed by atoms with Crippen molar-refractivity contribution in [3.63, 3.8) is 0 Å². The molecule has 214 valence electrons. The van der Waals surface area contributed by atoms with E-state index in [0.717, 1.165) is 58.5 Å². The SMILES string of the molecule is CC(C)(O)O.CCC(CCNc1nc(NCC2CC2)nc(C)c1-c1nc2c(C3CC3)nccc2s1)C(C)(F)F. The molecule has 0 aromatic carbocycles. The molecule has 0 bridgehead atoms. The Labute approximate surface area is 232 Å². The first-order chi connectivity index (χ1) is 18.3. The summed E-state index contributed by atoms with van der Waals surface area (Å²) in [4.78, 5) is 19.1. The lowest BCUT2D eigenvalue weighted by atomic mass is 9.96. The van der Waals surface area contributed by atoms with Crippen LogP contribution in [0.5, 0.6) is 0 Å². The Morgan fingerprint density at radius 1 is 1.08 bits per heavy atom. The Kier molecular flexibility index (Phi) is 9.02. The third-order valence-electron chi connectivity index (χ3n) is 6.84. The van der Waals surface area contributed by atoms with Crippen molar-refractivity contribution in [1.82, 2.24) is 19.9 Å². The summed E-state index contributed by atoms with van der Waals surface area (Å²) in [6.45, 7) is 8.65. The lowest BCUT2D eigenvalue weighted by molar-refractivity contribution is -0.127. The number of thiazole rings is 1. The van der Waals surface area contributed by atoms with Crippen molar-refractivity contribution in [3.05, 3.63) is 23.7 Å². The minimum Gasteiger partial charge on any atom is -0.369 e. The van der Waals surface area contributed by atoms with Crippen LogP contribution in [0.2, 0.25) is 0 Å². The third kappa shape index (κ3) is 8.49. The van der Waals surface area contributed by atoms with Gasteiger partial charge in [-0.3, -0.25) is 4.98 Å². The molecule has 4 N–H and O–H groups in total. The second-order valence-corrected chi connectivity index (χ2v) is 12.3. The molecule has 3 aromatic heterocycles. The highest BCUT2D eigenvalue weighted by Gasteiger charge is 2.32. The fraction of sp³-hybridized carbons (Fsp3) is 0.643. The van der Waals surface area contributed by atoms with Crippen molar-refractivity contribution in [1.29, 1.82) is 0 Å². The summed E-state index contributed by atoms with van der Waals surface area (Å²) >= 11 is 1.61. The molecule has 39 heavy (non-hydrogen) atoms. The molecule has 11 heteroatoms. The van der Waals surface area contributed by atoms with Crippen LogP contribution in [0.3, 0.4) is 0 Å². The molecule has 2 aliphatic carbocycles. The molecule has 1 atom stereocenters. The van der Waals surface area contributed by atoms with Gasteiger partial charge in [-0.15, -0.1) is 11.3 Å². The normalized spacial score (nSPS) is 16.5. The van der Waals surface area contributed by atoms with Crippen molar-refractivity contribution >= 4 is 33.3 Å². The lowest BCUT2D eigenvalue weighted by Crippen LogP contribution is -2.26. The molecule has 2 saturated carbocycles. The number of pyridine rings is 1. The lowest BCUT2D eigenvalue weighted by Gasteiger charge is -2.22. The number of nitrogens with zero attached hydrogens (tertiary/aromatic N) is 4. The summed E-state index contributed by atoms with van der Waals surface area (Å²) in [5.74, 6) is -2.45. The van der Waals surface area contributed by atoms with Gasteiger partial charge in [0.25, 0.3) is 0 Å². The van der Waals surface area contributed by atoms with Gasteiger partial charge in [0.1, 0.15) is 16.3 Å². The van der Waals surface area contributed by atoms with Crippen LogP contribution in [0.15, 0.2) is 12.3 Å². The van der Waals surface area contributed by atoms with Crippen molar-refractivity contribution in [2.45, 2.75) is 90.8 Å². The zero-order valence-corrected chi connectivity index (χ0v) is 24.2. The Hall–Kier alpha value is -2.50. The summed E-state index contributed by atoms with van der Waals surface area (Å²) in [5, 5.41) is 23.7. The smallest absolute Gasteiger partial charge is 0.248 e. The van der Waals surface area contributed by atoms with Gasteiger partial charge >= 0.3 is 0 Å². The second-order valence-electron chi connectivity index (χ2n) is 11.3. The van der Waals surface area contributed by atoms with Crippen LogP contribution >= 0.6 is 11.3 Å². The van der Waals surface area contributed by atoms with Crippen LogP contribution in [-0.4, -0.2) is 54.9 Å². The van der Waals surface area contributed by atoms with E-state index in [9.17, 15) is 8.78 Å². The van der Waals surface area contributed by atoms with Gasteiger partial charge < -0.3 is 20.8 Å². The van der Waals surface area contributed by atoms with E-state index in [-0.39, 0.29) is 0 Å². The van der Waals surface area contributed by atoms with Gasteiger partial charge in [-0.05, 0) is 78.2 Å². The first kappa shape index (κ1) is 29.5. The molecule has 2 aliphatic rings. The highest BCUT2D eigenvalue weighted by atomic mass is 32.1. The van der Waals surface area contributed by atoms with E-state index in [1.807, 2.05) is 26.1 Å². The highest BCUT2D eigenvalue weighted by molar-refractivity contribution is 7.21. The monoisotopic (exact) mass is 562 g/mol. The van der Waals surface area contributed by atoms with Crippen molar-refractivity contribution in [2.24, 2.45) is 11.8 Å². The van der Waals surface area contributed by atoms with Crippen molar-refractivity contribution in [2.75, 3.05) is 23.7 Å². The predicted molar refractivity (Wildman–Crippen MR) is 152 cm³/mol. The highest BCUT2D eigenvalue weighted by Crippen LogP contribution is 2.44. The van der Waals surface area contributed by atoms with Gasteiger partial charge in [0.15, 0.2) is 5.79 Å². The summed E-state index contributed by atoms with van der Waals surface area (Å²) in [5.41, 5.74) is 3.70. The molecule has 5 rings (SSSR count). The molecule has 0 amide bonds. The molecule has 0 spiro atoms. The molecule has 0 saturated heterocycles. The Morgan fingerprint density at radius 3 is 2.36 bits per heavy atom. The standard InChI is InChI=1S/C25H32F2N6S.C3H8O2/c1-4-17(25(3,26)27)9-11-29-22-19(14(2)31-24(33-22)30-13-15-5-6-15)23-32-21-18(34-23)10-12-28-20(21)16-7-8-16;1-3(2,4)5/h10,12,15-17H,4-9,11,13H2,1-3H3,(H2,29,30,31,33);4-5H,1-2H3. The van der Waals surface area contributed by atoms with Crippen LogP contribution in [0.4, 0.5) is 20.5 Å². The molecular formula is C28H40F2N6O2S. The fourth-order valence-electron chi connectivity index (χ4n) is 4.41. The molecule has 3 heterocycles. The van der Waals surface area contributed by atoms with E-state index in [2.05, 4.69) is 15.6 Å². The number of aryl methyl sites for hydroxylation is 1. The topological polar surface area (TPSA) is 116 Å². The Morgan fingerprint density at radius 2 is 1.77 bits per heavy atom. The van der Waals surface area contributed by atoms with E-state index in [1.54, 1.807) is 11.3 Å². The third-order valence-corrected chi connectivity index (χ3v) is 7.88. The van der Waals surface area contributed by atoms with E-state index < -0.39 is 17.6 Å². The molecule has 3 aromatic rings. The molecular weight excluding hydrogens is 522 g/mol. The number of aromatic nitrogens is 4. The van der Waals surface area contributed by atoms with Gasteiger partial charge in [0, 0.05) is 31.1 Å². The van der Waals surface area contributed by atoms with Gasteiger partial charge in [-0.2, -0.15) is 4.98 Å². The zero-order chi connectivity index (χ0) is 28.4. The van der Waals surface area contributed by atoms with Crippen LogP contribution < -0.4 is 10.6 Å². The largest absolute Gasteiger partial charge is 0.369 e. The Balaban J connectivity index is 0.000000648. The van der Waals surface area contributed by atoms with Crippen molar-refractivity contribution < 1.29 is 19.0 Å². The van der Waals surface area contributed by atoms with Gasteiger partial charge in [0.2, 0.25) is 11.9 Å². The average Bonchev–Trinajstić information content (AvgIpc) is 3.75. The van der Waals surface area contributed by atoms with Crippen LogP contribution in [0.1, 0.15) is 83.5 Å². The zero-order valence-electron chi connectivity index (χ0n) is 23.4. The van der Waals surface area contributed by atoms with E-state index in [1.165, 1.54) is 26.7 Å². The molecule has 0 radical (unpaired) electrons. The maximum Gasteiger partial charge on any atom is 0.248 e. The number of halogens is 2. The second kappa shape index (κ2) is 11.9. The molecule has 8 nitrogen and oxygen atoms in total. The molecule has 2 fully saturated rings. The Bertz CT molecular complexity index is 1260. The van der Waals surface area contributed by atoms with Crippen LogP contribution in [0, 0.1) is 18.8 Å². The summed E-state index contributed by atoms with van der Waals surface area (Å²) in [7, 11) is 0. The maximum atomic E-state index is 13.9. The number of hydrogen-bond acceptors (Lipinski definition) is 9. The number of alkyl halides is 2. The van der Waals surface area contributed by atoms with Crippen LogP contribution in [-0.2, 0) is 0 Å². The number of rotatable bonds is 11. The number of fused-ring (bicyclic) bond motifs is 1. The number of anilines is 2. The van der Waals surface area contributed by atoms with Crippen molar-refractivity contribution in [3.8, 4) is 10.6 Å². The molecule has 1 unspecified atom stereocenters. The van der Waals surface area contributed by atoms with E-state index >= 15 is 0 Å². The van der Waals surface area contributed by atoms with E-state index in [4.69, 9.17) is 25.2 Å². The minimum absolute atomic E-state index is 0.364. The summed E-state index contributed by atoms with van der Waals surface area (Å²) in [6.07, 6.45) is 7.46. The van der Waals surface area contributed by atoms with Crippen LogP contribution in [0.25, 0.3) is 20.8 Å². The summed E-state index contributed by atoms with van der Waals surface area (Å²) < 4.78 is 28.9. The average molecular weight is 563 g/mol. The summed E-state index contributed by atoms with van der Waals surface area (Å²) in [6, 6.07) is 2.01.